The number of unbranched alkanes of at least 4 members (excludes halogenated alkanes) is 27. The zero-order valence-electron chi connectivity index (χ0n) is 42.5. The van der Waals surface area contributed by atoms with Crippen molar-refractivity contribution in [1.29, 1.82) is 0 Å². The summed E-state index contributed by atoms with van der Waals surface area (Å²) in [6.07, 6.45) is 57.3. The van der Waals surface area contributed by atoms with E-state index < -0.39 is 18.1 Å². The minimum absolute atomic E-state index is 0.0511. The second-order valence-electron chi connectivity index (χ2n) is 19.1. The molecule has 0 radical (unpaired) electrons. The molecule has 8 nitrogen and oxygen atoms in total. The van der Waals surface area contributed by atoms with Crippen LogP contribution in [0, 0.1) is 0 Å². The smallest absolute Gasteiger partial charge is 0.362 e. The fourth-order valence-electron chi connectivity index (χ4n) is 7.89. The first-order valence-corrected chi connectivity index (χ1v) is 26.7. The van der Waals surface area contributed by atoms with Gasteiger partial charge < -0.3 is 23.8 Å². The molecule has 0 aliphatic rings. The van der Waals surface area contributed by atoms with Crippen molar-refractivity contribution in [2.45, 2.75) is 251 Å². The number of nitrogens with zero attached hydrogens (tertiary/aromatic N) is 1. The molecule has 8 heteroatoms. The molecule has 0 aromatic heterocycles. The summed E-state index contributed by atoms with van der Waals surface area (Å²) in [5.41, 5.74) is 0. The Bertz CT molecular complexity index is 1190. The van der Waals surface area contributed by atoms with E-state index in [1.165, 1.54) is 154 Å². The van der Waals surface area contributed by atoms with Gasteiger partial charge in [0.2, 0.25) is 0 Å². The van der Waals surface area contributed by atoms with Gasteiger partial charge in [-0.05, 0) is 64.2 Å². The number of quaternary nitrogens is 1. The zero-order chi connectivity index (χ0) is 47.0. The number of ether oxygens (including phenoxy) is 3. The van der Waals surface area contributed by atoms with Crippen LogP contribution in [0.15, 0.2) is 48.6 Å². The van der Waals surface area contributed by atoms with Crippen molar-refractivity contribution in [3.05, 3.63) is 48.6 Å². The summed E-state index contributed by atoms with van der Waals surface area (Å²) in [7, 11) is 5.54. The summed E-state index contributed by atoms with van der Waals surface area (Å²) in [5, 5.41) is 9.66. The largest absolute Gasteiger partial charge is 0.477 e. The summed E-state index contributed by atoms with van der Waals surface area (Å²) in [6.45, 7) is 4.63. The average molecular weight is 901 g/mol. The number of likely N-dealkylation sites (N-methyl/N-ethyl adjacent to an activating group) is 1. The van der Waals surface area contributed by atoms with Gasteiger partial charge in [-0.1, -0.05) is 204 Å². The number of carboxylic acid groups (broad SMARTS) is 1. The third-order valence-corrected chi connectivity index (χ3v) is 12.0. The molecule has 0 fully saturated rings. The Morgan fingerprint density at radius 2 is 0.922 bits per heavy atom. The van der Waals surface area contributed by atoms with E-state index >= 15 is 0 Å². The molecule has 0 spiro atoms. The maximum Gasteiger partial charge on any atom is 0.362 e. The molecule has 0 saturated heterocycles. The van der Waals surface area contributed by atoms with Gasteiger partial charge >= 0.3 is 17.9 Å². The number of rotatable bonds is 48. The number of hydrogen-bond donors (Lipinski definition) is 1. The molecular formula is C56H102NO7+. The van der Waals surface area contributed by atoms with Crippen molar-refractivity contribution in [3.8, 4) is 0 Å². The first-order chi connectivity index (χ1) is 31.1. The van der Waals surface area contributed by atoms with Crippen LogP contribution in [0.1, 0.15) is 239 Å². The monoisotopic (exact) mass is 901 g/mol. The fraction of sp³-hybridized carbons (Fsp3) is 0.804. The van der Waals surface area contributed by atoms with Gasteiger partial charge in [0.1, 0.15) is 6.61 Å². The summed E-state index contributed by atoms with van der Waals surface area (Å²) in [6, 6.07) is -0.616. The number of aliphatic carboxylic acids is 1. The van der Waals surface area contributed by atoms with E-state index in [4.69, 9.17) is 14.2 Å². The Kier molecular flexibility index (Phi) is 44.8. The van der Waals surface area contributed by atoms with E-state index in [1.807, 2.05) is 21.1 Å². The molecule has 0 aliphatic carbocycles. The van der Waals surface area contributed by atoms with Crippen LogP contribution in [0.2, 0.25) is 0 Å². The Balaban J connectivity index is 4.19. The molecule has 0 rings (SSSR count). The lowest BCUT2D eigenvalue weighted by atomic mass is 10.0. The highest BCUT2D eigenvalue weighted by Crippen LogP contribution is 2.16. The molecule has 0 aromatic rings. The predicted octanol–water partition coefficient (Wildman–Crippen LogP) is 15.5. The number of carbonyl (C=O) groups is 3. The summed E-state index contributed by atoms with van der Waals surface area (Å²) in [4.78, 5) is 37.2. The maximum absolute atomic E-state index is 12.8. The lowest BCUT2D eigenvalue weighted by Crippen LogP contribution is -2.50. The van der Waals surface area contributed by atoms with Gasteiger partial charge in [-0.2, -0.15) is 0 Å². The topological polar surface area (TPSA) is 99.1 Å². The SMILES string of the molecule is CC/C=C/C/C=C/CCCCCCCCCCCCCCCCC(=O)OCC(COCCC(C(=O)O)[N+](C)(C)C)OC(=O)CCCCCCCCCCCC/C=C/C=C/CCCCC. The van der Waals surface area contributed by atoms with Crippen molar-refractivity contribution in [2.24, 2.45) is 0 Å². The van der Waals surface area contributed by atoms with E-state index in [0.29, 0.717) is 19.3 Å². The van der Waals surface area contributed by atoms with Crippen LogP contribution in [0.5, 0.6) is 0 Å². The number of allylic oxidation sites excluding steroid dienone is 8. The van der Waals surface area contributed by atoms with Crippen molar-refractivity contribution in [1.82, 2.24) is 0 Å². The molecule has 372 valence electrons. The van der Waals surface area contributed by atoms with Gasteiger partial charge in [0, 0.05) is 19.3 Å². The van der Waals surface area contributed by atoms with E-state index in [2.05, 4.69) is 62.5 Å². The van der Waals surface area contributed by atoms with Crippen molar-refractivity contribution in [2.75, 3.05) is 41.0 Å². The van der Waals surface area contributed by atoms with E-state index in [0.717, 1.165) is 51.4 Å². The van der Waals surface area contributed by atoms with Gasteiger partial charge in [0.25, 0.3) is 0 Å². The molecule has 0 bridgehead atoms. The molecule has 0 amide bonds. The molecule has 0 heterocycles. The first kappa shape index (κ1) is 61.3. The Hall–Kier alpha value is -2.71. The molecule has 0 aliphatic heterocycles. The third kappa shape index (κ3) is 44.5. The fourth-order valence-corrected chi connectivity index (χ4v) is 7.89. The third-order valence-electron chi connectivity index (χ3n) is 12.0. The van der Waals surface area contributed by atoms with Crippen molar-refractivity contribution < 1.29 is 38.2 Å². The number of carboxylic acids is 1. The van der Waals surface area contributed by atoms with Crippen LogP contribution < -0.4 is 0 Å². The minimum atomic E-state index is -0.874. The van der Waals surface area contributed by atoms with Gasteiger partial charge in [0.05, 0.1) is 34.4 Å². The van der Waals surface area contributed by atoms with Crippen molar-refractivity contribution in [3.63, 3.8) is 0 Å². The van der Waals surface area contributed by atoms with E-state index in [9.17, 15) is 19.5 Å². The highest BCUT2D eigenvalue weighted by molar-refractivity contribution is 5.72. The van der Waals surface area contributed by atoms with Gasteiger partial charge in [-0.3, -0.25) is 9.59 Å². The molecule has 0 aromatic carbocycles. The number of hydrogen-bond acceptors (Lipinski definition) is 6. The van der Waals surface area contributed by atoms with Crippen LogP contribution in [0.4, 0.5) is 0 Å². The normalized spacial score (nSPS) is 13.2. The molecule has 2 atom stereocenters. The Morgan fingerprint density at radius 1 is 0.500 bits per heavy atom. The van der Waals surface area contributed by atoms with Gasteiger partial charge in [-0.15, -0.1) is 0 Å². The lowest BCUT2D eigenvalue weighted by molar-refractivity contribution is -0.887. The number of esters is 2. The Labute approximate surface area is 395 Å². The predicted molar refractivity (Wildman–Crippen MR) is 271 cm³/mol. The first-order valence-electron chi connectivity index (χ1n) is 26.7. The second-order valence-corrected chi connectivity index (χ2v) is 19.1. The molecule has 64 heavy (non-hydrogen) atoms. The number of carbonyl (C=O) groups excluding carboxylic acids is 2. The van der Waals surface area contributed by atoms with Crippen LogP contribution in [0.3, 0.4) is 0 Å². The molecule has 2 unspecified atom stereocenters. The van der Waals surface area contributed by atoms with Crippen molar-refractivity contribution >= 4 is 17.9 Å². The maximum atomic E-state index is 12.8. The summed E-state index contributed by atoms with van der Waals surface area (Å²) in [5.74, 6) is -1.46. The molecular weight excluding hydrogens is 799 g/mol. The highest BCUT2D eigenvalue weighted by Gasteiger charge is 2.31. The highest BCUT2D eigenvalue weighted by atomic mass is 16.6. The lowest BCUT2D eigenvalue weighted by Gasteiger charge is -2.31. The van der Waals surface area contributed by atoms with E-state index in [-0.39, 0.29) is 36.2 Å². The molecule has 0 saturated carbocycles. The van der Waals surface area contributed by atoms with E-state index in [1.54, 1.807) is 0 Å². The van der Waals surface area contributed by atoms with Crippen LogP contribution >= 0.6 is 0 Å². The van der Waals surface area contributed by atoms with Crippen LogP contribution in [-0.2, 0) is 28.6 Å². The standard InChI is InChI=1S/C56H101NO7/c1-6-8-10-12-14-16-18-20-22-24-26-27-29-30-32-34-36-38-40-42-44-46-54(58)63-51-52(50-62-49-48-53(56(60)61)57(3,4)5)64-55(59)47-45-43-41-39-37-35-33-31-28-25-23-21-19-17-15-13-11-9-7-2/h8,10,14-17,19,21,52-53H,6-7,9,11-13,18,20,22-51H2,1-5H3/p+1/b10-8+,16-14+,17-15+,21-19+. The summed E-state index contributed by atoms with van der Waals surface area (Å²) < 4.78 is 17.4. The van der Waals surface area contributed by atoms with Crippen LogP contribution in [-0.4, -0.2) is 80.6 Å². The van der Waals surface area contributed by atoms with Crippen LogP contribution in [0.25, 0.3) is 0 Å². The second kappa shape index (κ2) is 46.8. The zero-order valence-corrected chi connectivity index (χ0v) is 42.5. The quantitative estimate of drug-likeness (QED) is 0.0213. The van der Waals surface area contributed by atoms with Gasteiger partial charge in [-0.25, -0.2) is 4.79 Å². The average Bonchev–Trinajstić information content (AvgIpc) is 3.26. The molecule has 1 N–H and O–H groups in total. The van der Waals surface area contributed by atoms with Gasteiger partial charge in [0.15, 0.2) is 12.1 Å². The Morgan fingerprint density at radius 3 is 1.38 bits per heavy atom. The summed E-state index contributed by atoms with van der Waals surface area (Å²) >= 11 is 0. The minimum Gasteiger partial charge on any atom is -0.477 e.